The predicted molar refractivity (Wildman–Crippen MR) is 121 cm³/mol. The smallest absolute Gasteiger partial charge is 0.0223 e. The van der Waals surface area contributed by atoms with E-state index >= 15 is 0 Å². The molecule has 0 aromatic heterocycles. The van der Waals surface area contributed by atoms with Gasteiger partial charge in [0, 0.05) is 9.79 Å². The van der Waals surface area contributed by atoms with Gasteiger partial charge in [0.2, 0.25) is 0 Å². The van der Waals surface area contributed by atoms with Gasteiger partial charge in [0.25, 0.3) is 0 Å². The zero-order valence-electron chi connectivity index (χ0n) is 17.6. The molecular weight excluding hydrogens is 352 g/mol. The summed E-state index contributed by atoms with van der Waals surface area (Å²) in [5.41, 5.74) is 5.77. The van der Waals surface area contributed by atoms with E-state index in [9.17, 15) is 0 Å². The molecule has 0 fully saturated rings. The molecule has 0 N–H and O–H groups in total. The monoisotopic (exact) mass is 386 g/mol. The fourth-order valence-corrected chi connectivity index (χ4v) is 5.76. The second-order valence-electron chi connectivity index (χ2n) is 8.38. The van der Waals surface area contributed by atoms with Crippen LogP contribution in [-0.2, 0) is 0 Å². The first-order valence-electron chi connectivity index (χ1n) is 9.82. The van der Waals surface area contributed by atoms with Gasteiger partial charge in [-0.2, -0.15) is 0 Å². The third-order valence-electron chi connectivity index (χ3n) is 4.87. The van der Waals surface area contributed by atoms with Gasteiger partial charge in [-0.15, -0.1) is 0 Å². The van der Waals surface area contributed by atoms with Crippen molar-refractivity contribution < 1.29 is 0 Å². The molecule has 0 spiro atoms. The van der Waals surface area contributed by atoms with E-state index in [1.807, 2.05) is 21.6 Å². The van der Waals surface area contributed by atoms with Crippen LogP contribution in [0.3, 0.4) is 0 Å². The highest BCUT2D eigenvalue weighted by molar-refractivity contribution is 8.76. The third-order valence-corrected chi connectivity index (χ3v) is 7.35. The first kappa shape index (κ1) is 21.4. The van der Waals surface area contributed by atoms with Crippen LogP contribution in [0.2, 0.25) is 0 Å². The molecule has 0 radical (unpaired) electrons. The van der Waals surface area contributed by atoms with Crippen LogP contribution in [-0.4, -0.2) is 0 Å². The van der Waals surface area contributed by atoms with E-state index < -0.39 is 0 Å². The predicted octanol–water partition coefficient (Wildman–Crippen LogP) is 8.98. The Kier molecular flexibility index (Phi) is 7.73. The Balaban J connectivity index is 2.35. The first-order chi connectivity index (χ1) is 12.2. The number of hydrogen-bond acceptors (Lipinski definition) is 2. The van der Waals surface area contributed by atoms with E-state index in [0.717, 1.165) is 0 Å². The van der Waals surface area contributed by atoms with E-state index in [0.29, 0.717) is 23.7 Å². The van der Waals surface area contributed by atoms with Crippen LogP contribution < -0.4 is 0 Å². The van der Waals surface area contributed by atoms with Gasteiger partial charge in [-0.05, 0) is 58.1 Å². The number of benzene rings is 2. The summed E-state index contributed by atoms with van der Waals surface area (Å²) >= 11 is 0. The normalized spacial score (nSPS) is 12.0. The Hall–Kier alpha value is -0.860. The fraction of sp³-hybridized carbons (Fsp3) is 0.500. The molecule has 0 saturated heterocycles. The molecule has 0 aliphatic rings. The quantitative estimate of drug-likeness (QED) is 0.435. The fourth-order valence-electron chi connectivity index (χ4n) is 3.01. The molecule has 2 aromatic carbocycles. The molecule has 0 saturated carbocycles. The van der Waals surface area contributed by atoms with Crippen molar-refractivity contribution in [2.75, 3.05) is 0 Å². The third kappa shape index (κ3) is 5.33. The summed E-state index contributed by atoms with van der Waals surface area (Å²) in [5, 5.41) is 0. The van der Waals surface area contributed by atoms with Crippen LogP contribution in [0.5, 0.6) is 0 Å². The van der Waals surface area contributed by atoms with Crippen LogP contribution in [0, 0.1) is 0 Å². The highest BCUT2D eigenvalue weighted by Crippen LogP contribution is 2.45. The van der Waals surface area contributed by atoms with E-state index in [2.05, 4.69) is 91.8 Å². The zero-order valence-corrected chi connectivity index (χ0v) is 19.2. The minimum Gasteiger partial charge on any atom is -0.0587 e. The minimum absolute atomic E-state index is 0.547. The number of rotatable bonds is 7. The molecule has 0 bridgehead atoms. The maximum Gasteiger partial charge on any atom is 0.0223 e. The lowest BCUT2D eigenvalue weighted by Gasteiger charge is -2.18. The second kappa shape index (κ2) is 9.37. The van der Waals surface area contributed by atoms with Crippen molar-refractivity contribution in [1.82, 2.24) is 0 Å². The molecule has 0 amide bonds. The summed E-state index contributed by atoms with van der Waals surface area (Å²) < 4.78 is 0. The van der Waals surface area contributed by atoms with Crippen molar-refractivity contribution in [1.29, 1.82) is 0 Å². The highest BCUT2D eigenvalue weighted by Gasteiger charge is 2.14. The Labute approximate surface area is 169 Å². The van der Waals surface area contributed by atoms with Gasteiger partial charge in [0.15, 0.2) is 0 Å². The zero-order chi connectivity index (χ0) is 19.4. The maximum absolute atomic E-state index is 2.40. The van der Waals surface area contributed by atoms with Crippen LogP contribution in [0.4, 0.5) is 0 Å². The van der Waals surface area contributed by atoms with Crippen LogP contribution >= 0.6 is 21.6 Å². The Morgan fingerprint density at radius 2 is 0.846 bits per heavy atom. The van der Waals surface area contributed by atoms with Crippen LogP contribution in [0.25, 0.3) is 0 Å². The number of hydrogen-bond donors (Lipinski definition) is 0. The van der Waals surface area contributed by atoms with E-state index in [1.165, 1.54) is 32.0 Å². The Morgan fingerprint density at radius 3 is 1.12 bits per heavy atom. The summed E-state index contributed by atoms with van der Waals surface area (Å²) in [7, 11) is 3.86. The molecule has 0 unspecified atom stereocenters. The summed E-state index contributed by atoms with van der Waals surface area (Å²) in [4.78, 5) is 2.83. The molecule has 0 nitrogen and oxygen atoms in total. The summed E-state index contributed by atoms with van der Waals surface area (Å²) in [6.07, 6.45) is 0. The minimum atomic E-state index is 0.547. The lowest BCUT2D eigenvalue weighted by atomic mass is 9.97. The Morgan fingerprint density at radius 1 is 0.500 bits per heavy atom. The molecular formula is C24H34S2. The van der Waals surface area contributed by atoms with Crippen molar-refractivity contribution in [2.45, 2.75) is 88.9 Å². The Bertz CT molecular complexity index is 663. The molecule has 2 rings (SSSR count). The summed E-state index contributed by atoms with van der Waals surface area (Å²) in [5.74, 6) is 2.23. The van der Waals surface area contributed by atoms with E-state index in [1.54, 1.807) is 0 Å². The molecule has 142 valence electrons. The second-order valence-corrected chi connectivity index (χ2v) is 10.6. The van der Waals surface area contributed by atoms with Crippen LogP contribution in [0.1, 0.15) is 101 Å². The first-order valence-corrected chi connectivity index (χ1v) is 12.0. The van der Waals surface area contributed by atoms with Crippen molar-refractivity contribution >= 4 is 21.6 Å². The average Bonchev–Trinajstić information content (AvgIpc) is 2.58. The molecule has 0 aliphatic carbocycles. The van der Waals surface area contributed by atoms with Crippen molar-refractivity contribution in [3.63, 3.8) is 0 Å². The van der Waals surface area contributed by atoms with Crippen molar-refractivity contribution in [3.8, 4) is 0 Å². The lowest BCUT2D eigenvalue weighted by Crippen LogP contribution is -1.96. The molecule has 0 atom stereocenters. The molecule has 2 aromatic rings. The topological polar surface area (TPSA) is 0 Å². The summed E-state index contributed by atoms with van der Waals surface area (Å²) in [6, 6.07) is 14.1. The van der Waals surface area contributed by atoms with Gasteiger partial charge in [-0.25, -0.2) is 0 Å². The van der Waals surface area contributed by atoms with Gasteiger partial charge in [0.05, 0.1) is 0 Å². The van der Waals surface area contributed by atoms with Crippen molar-refractivity contribution in [2.24, 2.45) is 0 Å². The highest BCUT2D eigenvalue weighted by atomic mass is 33.1. The van der Waals surface area contributed by atoms with Gasteiger partial charge < -0.3 is 0 Å². The van der Waals surface area contributed by atoms with Gasteiger partial charge in [0.1, 0.15) is 0 Å². The van der Waals surface area contributed by atoms with E-state index in [-0.39, 0.29) is 0 Å². The maximum atomic E-state index is 2.40. The largest absolute Gasteiger partial charge is 0.0587 e. The lowest BCUT2D eigenvalue weighted by molar-refractivity contribution is 0.821. The SMILES string of the molecule is CC(C)c1ccc(C(C)C)c(SSc2cc(C(C)C)ccc2C(C)C)c1. The summed E-state index contributed by atoms with van der Waals surface area (Å²) in [6.45, 7) is 18.2. The van der Waals surface area contributed by atoms with Crippen LogP contribution in [0.15, 0.2) is 46.2 Å². The molecule has 26 heavy (non-hydrogen) atoms. The van der Waals surface area contributed by atoms with Crippen molar-refractivity contribution in [3.05, 3.63) is 58.7 Å². The van der Waals surface area contributed by atoms with Gasteiger partial charge >= 0.3 is 0 Å². The van der Waals surface area contributed by atoms with Gasteiger partial charge in [-0.3, -0.25) is 0 Å². The van der Waals surface area contributed by atoms with E-state index in [4.69, 9.17) is 0 Å². The molecule has 0 heterocycles. The molecule has 2 heteroatoms. The van der Waals surface area contributed by atoms with Gasteiger partial charge in [-0.1, -0.05) is 101 Å². The molecule has 0 aliphatic heterocycles. The average molecular weight is 387 g/mol. The standard InChI is InChI=1S/C24H34S2/c1-15(2)19-9-11-21(17(5)6)23(13-19)25-26-24-14-20(16(3)4)10-12-22(24)18(7)8/h9-18H,1-8H3.